The van der Waals surface area contributed by atoms with Gasteiger partial charge in [-0.3, -0.25) is 19.2 Å². The number of carboxylic acid groups (broad SMARTS) is 4. The van der Waals surface area contributed by atoms with Crippen LogP contribution in [0.2, 0.25) is 0 Å². The van der Waals surface area contributed by atoms with Crippen LogP contribution in [0.25, 0.3) is 0 Å². The van der Waals surface area contributed by atoms with Gasteiger partial charge in [-0.25, -0.2) is 0 Å². The molecule has 0 heterocycles. The minimum absolute atomic E-state index is 0.00156. The van der Waals surface area contributed by atoms with Crippen molar-refractivity contribution in [2.24, 2.45) is 21.7 Å². The highest BCUT2D eigenvalue weighted by Gasteiger charge is 2.50. The van der Waals surface area contributed by atoms with E-state index in [0.717, 1.165) is 64.2 Å². The van der Waals surface area contributed by atoms with E-state index in [-0.39, 0.29) is 34.5 Å². The number of hydrogen-bond acceptors (Lipinski definition) is 10. The standard InChI is InChI=1S/C25H38O7.C24H36O7/c1-3-24(2,22(29)30)12-8-5-4-6-10-17-16-19(26)21(28)18(20(17)27)11-7-9-13-25(14-15-25)23(31)32;1-23(2,21(28)29)11-7-4-3-5-10-17-19(26)16(15-18(25)20(17)27)9-6-8-12-24(13-14-24)22(30)31/h16,26-28H,3-15H2,1-2H3,(H,29,30)(H,31,32);15,25-27H,3-14H2,1-2H3,(H,28,29)(H,30,31). The number of benzene rings is 2. The first-order chi connectivity index (χ1) is 29.6. The summed E-state index contributed by atoms with van der Waals surface area (Å²) in [4.78, 5) is 45.0. The molecular weight excluding hydrogens is 813 g/mol. The molecule has 10 N–H and O–H groups in total. The molecular formula is C49H74O14. The van der Waals surface area contributed by atoms with Gasteiger partial charge in [0.2, 0.25) is 0 Å². The summed E-state index contributed by atoms with van der Waals surface area (Å²) in [6, 6.07) is 2.78. The van der Waals surface area contributed by atoms with Crippen LogP contribution in [0.3, 0.4) is 0 Å². The zero-order valence-corrected chi connectivity index (χ0v) is 37.9. The number of carboxylic acids is 4. The second-order valence-corrected chi connectivity index (χ2v) is 19.3. The summed E-state index contributed by atoms with van der Waals surface area (Å²) in [6.45, 7) is 7.10. The van der Waals surface area contributed by atoms with Gasteiger partial charge in [0.15, 0.2) is 23.0 Å². The van der Waals surface area contributed by atoms with Crippen LogP contribution < -0.4 is 0 Å². The summed E-state index contributed by atoms with van der Waals surface area (Å²) in [6.07, 6.45) is 17.1. The predicted octanol–water partition coefficient (Wildman–Crippen LogP) is 10.4. The Labute approximate surface area is 372 Å². The maximum Gasteiger partial charge on any atom is 0.309 e. The van der Waals surface area contributed by atoms with Crippen LogP contribution in [0.15, 0.2) is 12.1 Å². The molecule has 2 aliphatic carbocycles. The van der Waals surface area contributed by atoms with Gasteiger partial charge in [-0.15, -0.1) is 0 Å². The van der Waals surface area contributed by atoms with Crippen LogP contribution in [0.4, 0.5) is 0 Å². The third-order valence-corrected chi connectivity index (χ3v) is 13.9. The van der Waals surface area contributed by atoms with Crippen molar-refractivity contribution < 1.29 is 70.2 Å². The molecule has 1 unspecified atom stereocenters. The number of phenols is 6. The van der Waals surface area contributed by atoms with E-state index in [1.54, 1.807) is 20.8 Å². The van der Waals surface area contributed by atoms with Crippen molar-refractivity contribution in [1.29, 1.82) is 0 Å². The summed E-state index contributed by atoms with van der Waals surface area (Å²) < 4.78 is 0. The molecule has 2 aliphatic rings. The van der Waals surface area contributed by atoms with Crippen molar-refractivity contribution in [1.82, 2.24) is 0 Å². The monoisotopic (exact) mass is 887 g/mol. The Morgan fingerprint density at radius 3 is 1.22 bits per heavy atom. The zero-order valence-electron chi connectivity index (χ0n) is 37.9. The van der Waals surface area contributed by atoms with E-state index in [9.17, 15) is 65.1 Å². The van der Waals surface area contributed by atoms with Gasteiger partial charge in [0.05, 0.1) is 21.7 Å². The number of aliphatic carboxylic acids is 4. The summed E-state index contributed by atoms with van der Waals surface area (Å²) in [5, 5.41) is 98.7. The van der Waals surface area contributed by atoms with Gasteiger partial charge in [-0.05, 0) is 153 Å². The molecule has 2 fully saturated rings. The molecule has 2 saturated carbocycles. The average Bonchev–Trinajstić information content (AvgIpc) is 4.17. The van der Waals surface area contributed by atoms with Gasteiger partial charge in [0.25, 0.3) is 0 Å². The van der Waals surface area contributed by atoms with E-state index >= 15 is 0 Å². The van der Waals surface area contributed by atoms with Crippen molar-refractivity contribution >= 4 is 23.9 Å². The van der Waals surface area contributed by atoms with Gasteiger partial charge < -0.3 is 51.1 Å². The first kappa shape index (κ1) is 52.5. The molecule has 2 aromatic rings. The quantitative estimate of drug-likeness (QED) is 0.0207. The van der Waals surface area contributed by atoms with Crippen molar-refractivity contribution in [2.75, 3.05) is 0 Å². The van der Waals surface area contributed by atoms with E-state index in [1.807, 2.05) is 6.92 Å². The first-order valence-corrected chi connectivity index (χ1v) is 23.0. The number of aryl methyl sites for hydroxylation is 2. The van der Waals surface area contributed by atoms with E-state index in [4.69, 9.17) is 5.11 Å². The number of hydrogen-bond donors (Lipinski definition) is 10. The van der Waals surface area contributed by atoms with Crippen LogP contribution in [0.5, 0.6) is 34.5 Å². The summed E-state index contributed by atoms with van der Waals surface area (Å²) >= 11 is 0. The van der Waals surface area contributed by atoms with E-state index in [1.165, 1.54) is 12.1 Å². The summed E-state index contributed by atoms with van der Waals surface area (Å²) in [5.74, 6) is -4.14. The normalized spacial score (nSPS) is 15.7. The molecule has 4 rings (SSSR count). The fourth-order valence-electron chi connectivity index (χ4n) is 8.32. The Bertz CT molecular complexity index is 1880. The van der Waals surface area contributed by atoms with Crippen LogP contribution in [-0.2, 0) is 44.9 Å². The van der Waals surface area contributed by atoms with E-state index in [2.05, 4.69) is 0 Å². The minimum atomic E-state index is -0.801. The van der Waals surface area contributed by atoms with Gasteiger partial charge >= 0.3 is 23.9 Å². The lowest BCUT2D eigenvalue weighted by atomic mass is 9.82. The van der Waals surface area contributed by atoms with Crippen LogP contribution in [0.1, 0.15) is 185 Å². The zero-order chi connectivity index (χ0) is 47.2. The number of carbonyl (C=O) groups is 4. The fourth-order valence-corrected chi connectivity index (χ4v) is 8.32. The Kier molecular flexibility index (Phi) is 19.3. The maximum absolute atomic E-state index is 11.4. The molecule has 1 atom stereocenters. The van der Waals surface area contributed by atoms with Gasteiger partial charge in [0, 0.05) is 11.1 Å². The third-order valence-electron chi connectivity index (χ3n) is 13.9. The largest absolute Gasteiger partial charge is 0.507 e. The molecule has 63 heavy (non-hydrogen) atoms. The average molecular weight is 887 g/mol. The van der Waals surface area contributed by atoms with Crippen molar-refractivity contribution in [2.45, 2.75) is 188 Å². The Hall–Kier alpha value is -4.88. The van der Waals surface area contributed by atoms with Crippen molar-refractivity contribution in [3.63, 3.8) is 0 Å². The summed E-state index contributed by atoms with van der Waals surface area (Å²) in [5.41, 5.74) is -0.737. The topological polar surface area (TPSA) is 271 Å². The third kappa shape index (κ3) is 14.8. The Morgan fingerprint density at radius 2 is 0.857 bits per heavy atom. The molecule has 0 aliphatic heterocycles. The fraction of sp³-hybridized carbons (Fsp3) is 0.673. The molecule has 0 spiro atoms. The maximum atomic E-state index is 11.4. The van der Waals surface area contributed by atoms with Gasteiger partial charge in [-0.1, -0.05) is 58.3 Å². The van der Waals surface area contributed by atoms with Crippen LogP contribution >= 0.6 is 0 Å². The molecule has 0 amide bonds. The van der Waals surface area contributed by atoms with Crippen LogP contribution in [-0.4, -0.2) is 74.9 Å². The Morgan fingerprint density at radius 1 is 0.492 bits per heavy atom. The lowest BCUT2D eigenvalue weighted by molar-refractivity contribution is -0.149. The molecule has 14 nitrogen and oxygen atoms in total. The molecule has 354 valence electrons. The van der Waals surface area contributed by atoms with Crippen LogP contribution in [0, 0.1) is 21.7 Å². The Balaban J connectivity index is 0.000000335. The number of unbranched alkanes of at least 4 members (excludes halogenated alkanes) is 8. The second kappa shape index (κ2) is 23.2. The number of phenolic OH excluding ortho intramolecular Hbond substituents is 6. The van der Waals surface area contributed by atoms with Gasteiger partial charge in [-0.2, -0.15) is 0 Å². The lowest BCUT2D eigenvalue weighted by Crippen LogP contribution is -2.26. The smallest absolute Gasteiger partial charge is 0.309 e. The van der Waals surface area contributed by atoms with E-state index < -0.39 is 45.5 Å². The highest BCUT2D eigenvalue weighted by atomic mass is 16.4. The lowest BCUT2D eigenvalue weighted by Gasteiger charge is -2.22. The molecule has 0 saturated heterocycles. The highest BCUT2D eigenvalue weighted by molar-refractivity contribution is 5.78. The predicted molar refractivity (Wildman–Crippen MR) is 238 cm³/mol. The molecule has 14 heteroatoms. The number of aromatic hydroxyl groups is 6. The van der Waals surface area contributed by atoms with Crippen molar-refractivity contribution in [3.05, 3.63) is 34.4 Å². The molecule has 0 radical (unpaired) electrons. The van der Waals surface area contributed by atoms with E-state index in [0.29, 0.717) is 119 Å². The molecule has 2 aromatic carbocycles. The first-order valence-electron chi connectivity index (χ1n) is 23.0. The number of rotatable bonds is 29. The summed E-state index contributed by atoms with van der Waals surface area (Å²) in [7, 11) is 0. The van der Waals surface area contributed by atoms with Gasteiger partial charge in [0.1, 0.15) is 11.5 Å². The molecule has 0 bridgehead atoms. The second-order valence-electron chi connectivity index (χ2n) is 19.3. The highest BCUT2D eigenvalue weighted by Crippen LogP contribution is 2.51. The molecule has 0 aromatic heterocycles. The van der Waals surface area contributed by atoms with Crippen molar-refractivity contribution in [3.8, 4) is 34.5 Å². The minimum Gasteiger partial charge on any atom is -0.507 e. The SMILES string of the molecule is CC(C)(CCCCCCc1c(O)c(O)cc(CCCCC2(C(=O)O)CC2)c1O)C(=O)O.CCC(C)(CCCCCCc1cc(O)c(O)c(CCCCC2(C(=O)O)CC2)c1O)C(=O)O.